The standard InChI is InChI=1S/C10H14N4O4/c11-8(15)2-1-7(10(17)18)13-9(16)5-6-3-4-12-14-6/h3-4,7H,1-2,5H2,(H2,11,15)(H,12,14)(H,13,16)(H,17,18)/t7-/m1/s1. The zero-order valence-electron chi connectivity index (χ0n) is 9.55. The lowest BCUT2D eigenvalue weighted by molar-refractivity contribution is -0.142. The predicted octanol–water partition coefficient (Wildman–Crippen LogP) is -1.21. The predicted molar refractivity (Wildman–Crippen MR) is 60.3 cm³/mol. The van der Waals surface area contributed by atoms with Gasteiger partial charge in [0.1, 0.15) is 6.04 Å². The van der Waals surface area contributed by atoms with Crippen LogP contribution in [-0.4, -0.2) is 39.1 Å². The Bertz CT molecular complexity index is 429. The minimum Gasteiger partial charge on any atom is -0.480 e. The number of amides is 2. The Balaban J connectivity index is 2.47. The van der Waals surface area contributed by atoms with E-state index in [1.54, 1.807) is 6.07 Å². The van der Waals surface area contributed by atoms with Crippen LogP contribution in [0.1, 0.15) is 18.5 Å². The molecule has 0 aromatic carbocycles. The highest BCUT2D eigenvalue weighted by molar-refractivity contribution is 5.85. The SMILES string of the molecule is NC(=O)CC[C@@H](NC(=O)Cc1ccn[nH]1)C(=O)O. The van der Waals surface area contributed by atoms with Gasteiger partial charge in [0, 0.05) is 18.3 Å². The Hall–Kier alpha value is -2.38. The monoisotopic (exact) mass is 254 g/mol. The van der Waals surface area contributed by atoms with Gasteiger partial charge in [0.2, 0.25) is 11.8 Å². The molecule has 0 unspecified atom stereocenters. The van der Waals surface area contributed by atoms with Gasteiger partial charge in [-0.25, -0.2) is 4.79 Å². The first-order chi connectivity index (χ1) is 8.49. The molecular weight excluding hydrogens is 240 g/mol. The van der Waals surface area contributed by atoms with Crippen molar-refractivity contribution in [3.05, 3.63) is 18.0 Å². The summed E-state index contributed by atoms with van der Waals surface area (Å²) in [7, 11) is 0. The van der Waals surface area contributed by atoms with E-state index in [2.05, 4.69) is 15.5 Å². The molecule has 0 aliphatic rings. The summed E-state index contributed by atoms with van der Waals surface area (Å²) >= 11 is 0. The maximum atomic E-state index is 11.5. The quantitative estimate of drug-likeness (QED) is 0.483. The summed E-state index contributed by atoms with van der Waals surface area (Å²) < 4.78 is 0. The molecule has 18 heavy (non-hydrogen) atoms. The van der Waals surface area contributed by atoms with Crippen molar-refractivity contribution in [1.82, 2.24) is 15.5 Å². The first-order valence-corrected chi connectivity index (χ1v) is 5.27. The highest BCUT2D eigenvalue weighted by Gasteiger charge is 2.20. The number of nitrogens with zero attached hydrogens (tertiary/aromatic N) is 1. The number of aromatic amines is 1. The van der Waals surface area contributed by atoms with Crippen LogP contribution in [-0.2, 0) is 20.8 Å². The molecule has 1 aromatic heterocycles. The van der Waals surface area contributed by atoms with Crippen molar-refractivity contribution in [2.24, 2.45) is 5.73 Å². The van der Waals surface area contributed by atoms with E-state index >= 15 is 0 Å². The summed E-state index contributed by atoms with van der Waals surface area (Å²) in [4.78, 5) is 33.0. The number of H-pyrrole nitrogens is 1. The van der Waals surface area contributed by atoms with Crippen molar-refractivity contribution in [3.8, 4) is 0 Å². The van der Waals surface area contributed by atoms with Crippen LogP contribution in [0, 0.1) is 0 Å². The Morgan fingerprint density at radius 1 is 1.50 bits per heavy atom. The van der Waals surface area contributed by atoms with E-state index in [-0.39, 0.29) is 19.3 Å². The van der Waals surface area contributed by atoms with Gasteiger partial charge < -0.3 is 16.2 Å². The molecule has 1 aromatic rings. The van der Waals surface area contributed by atoms with E-state index in [0.717, 1.165) is 0 Å². The number of aromatic nitrogens is 2. The van der Waals surface area contributed by atoms with Crippen molar-refractivity contribution >= 4 is 17.8 Å². The summed E-state index contributed by atoms with van der Waals surface area (Å²) in [5.41, 5.74) is 5.50. The molecule has 2 amide bonds. The average Bonchev–Trinajstić information content (AvgIpc) is 2.76. The number of rotatable bonds is 7. The molecule has 0 aliphatic heterocycles. The molecule has 0 saturated heterocycles. The van der Waals surface area contributed by atoms with Gasteiger partial charge in [0.25, 0.3) is 0 Å². The number of hydrogen-bond donors (Lipinski definition) is 4. The van der Waals surface area contributed by atoms with E-state index in [9.17, 15) is 14.4 Å². The molecule has 1 atom stereocenters. The minimum atomic E-state index is -1.20. The summed E-state index contributed by atoms with van der Waals surface area (Å²) in [5, 5.41) is 17.4. The number of nitrogens with one attached hydrogen (secondary N) is 2. The van der Waals surface area contributed by atoms with Crippen LogP contribution in [0.4, 0.5) is 0 Å². The van der Waals surface area contributed by atoms with E-state index in [0.29, 0.717) is 5.69 Å². The van der Waals surface area contributed by atoms with Crippen LogP contribution in [0.5, 0.6) is 0 Å². The van der Waals surface area contributed by atoms with Crippen LogP contribution < -0.4 is 11.1 Å². The van der Waals surface area contributed by atoms with Crippen LogP contribution in [0.3, 0.4) is 0 Å². The lowest BCUT2D eigenvalue weighted by Crippen LogP contribution is -2.42. The van der Waals surface area contributed by atoms with E-state index in [1.807, 2.05) is 0 Å². The fourth-order valence-electron chi connectivity index (χ4n) is 1.35. The summed E-state index contributed by atoms with van der Waals surface area (Å²) in [5.74, 6) is -2.27. The molecule has 0 spiro atoms. The number of carboxylic acid groups (broad SMARTS) is 1. The largest absolute Gasteiger partial charge is 0.480 e. The van der Waals surface area contributed by atoms with Crippen molar-refractivity contribution in [3.63, 3.8) is 0 Å². The van der Waals surface area contributed by atoms with E-state index < -0.39 is 23.8 Å². The lowest BCUT2D eigenvalue weighted by Gasteiger charge is -2.13. The average molecular weight is 254 g/mol. The van der Waals surface area contributed by atoms with Crippen LogP contribution >= 0.6 is 0 Å². The number of hydrogen-bond acceptors (Lipinski definition) is 4. The van der Waals surface area contributed by atoms with Gasteiger partial charge in [-0.15, -0.1) is 0 Å². The number of aliphatic carboxylic acids is 1. The highest BCUT2D eigenvalue weighted by atomic mass is 16.4. The van der Waals surface area contributed by atoms with Gasteiger partial charge in [0.05, 0.1) is 6.42 Å². The third-order valence-electron chi connectivity index (χ3n) is 2.22. The Morgan fingerprint density at radius 3 is 2.72 bits per heavy atom. The van der Waals surface area contributed by atoms with Gasteiger partial charge in [-0.1, -0.05) is 0 Å². The molecule has 0 radical (unpaired) electrons. The zero-order valence-corrected chi connectivity index (χ0v) is 9.55. The summed E-state index contributed by atoms with van der Waals surface area (Å²) in [6, 6.07) is 0.492. The Morgan fingerprint density at radius 2 is 2.22 bits per heavy atom. The zero-order chi connectivity index (χ0) is 13.5. The molecule has 8 nitrogen and oxygen atoms in total. The Labute approximate surface area is 103 Å². The molecule has 5 N–H and O–H groups in total. The molecule has 8 heteroatoms. The topological polar surface area (TPSA) is 138 Å². The first kappa shape index (κ1) is 13.7. The van der Waals surface area contributed by atoms with Gasteiger partial charge in [-0.2, -0.15) is 5.10 Å². The molecule has 0 fully saturated rings. The van der Waals surface area contributed by atoms with Crippen LogP contribution in [0.2, 0.25) is 0 Å². The molecular formula is C10H14N4O4. The molecule has 1 heterocycles. The first-order valence-electron chi connectivity index (χ1n) is 5.27. The van der Waals surface area contributed by atoms with E-state index in [4.69, 9.17) is 10.8 Å². The molecule has 98 valence electrons. The number of carbonyl (C=O) groups excluding carboxylic acids is 2. The second-order valence-electron chi connectivity index (χ2n) is 3.72. The van der Waals surface area contributed by atoms with E-state index in [1.165, 1.54) is 6.20 Å². The maximum Gasteiger partial charge on any atom is 0.326 e. The van der Waals surface area contributed by atoms with Crippen molar-refractivity contribution in [2.75, 3.05) is 0 Å². The smallest absolute Gasteiger partial charge is 0.326 e. The summed E-state index contributed by atoms with van der Waals surface area (Å²) in [6.07, 6.45) is 1.37. The Kier molecular flexibility index (Phi) is 4.85. The molecule has 0 saturated carbocycles. The van der Waals surface area contributed by atoms with Crippen molar-refractivity contribution in [2.45, 2.75) is 25.3 Å². The van der Waals surface area contributed by atoms with Gasteiger partial charge in [-0.3, -0.25) is 14.7 Å². The maximum absolute atomic E-state index is 11.5. The fourth-order valence-corrected chi connectivity index (χ4v) is 1.35. The minimum absolute atomic E-state index is 0.000349. The van der Waals surface area contributed by atoms with Gasteiger partial charge in [0.15, 0.2) is 0 Å². The number of carboxylic acids is 1. The van der Waals surface area contributed by atoms with Gasteiger partial charge >= 0.3 is 5.97 Å². The number of nitrogens with two attached hydrogens (primary N) is 1. The normalized spacial score (nSPS) is 11.8. The third-order valence-corrected chi connectivity index (χ3v) is 2.22. The third kappa shape index (κ3) is 4.64. The number of primary amides is 1. The second-order valence-corrected chi connectivity index (χ2v) is 3.72. The molecule has 0 bridgehead atoms. The molecule has 0 aliphatic carbocycles. The second kappa shape index (κ2) is 6.38. The fraction of sp³-hybridized carbons (Fsp3) is 0.400. The summed E-state index contributed by atoms with van der Waals surface area (Å²) in [6.45, 7) is 0. The molecule has 1 rings (SSSR count). The van der Waals surface area contributed by atoms with Crippen LogP contribution in [0.25, 0.3) is 0 Å². The number of carbonyl (C=O) groups is 3. The van der Waals surface area contributed by atoms with Crippen LogP contribution in [0.15, 0.2) is 12.3 Å². The highest BCUT2D eigenvalue weighted by Crippen LogP contribution is 1.99. The van der Waals surface area contributed by atoms with Crippen molar-refractivity contribution < 1.29 is 19.5 Å². The van der Waals surface area contributed by atoms with Gasteiger partial charge in [-0.05, 0) is 12.5 Å². The van der Waals surface area contributed by atoms with Crippen molar-refractivity contribution in [1.29, 1.82) is 0 Å². The lowest BCUT2D eigenvalue weighted by atomic mass is 10.1.